The van der Waals surface area contributed by atoms with Crippen molar-refractivity contribution in [3.05, 3.63) is 173 Å². The summed E-state index contributed by atoms with van der Waals surface area (Å²) in [7, 11) is 0. The van der Waals surface area contributed by atoms with Crippen LogP contribution in [0.2, 0.25) is 0 Å². The number of pyridine rings is 2. The van der Waals surface area contributed by atoms with Crippen molar-refractivity contribution in [3.8, 4) is 22.9 Å². The number of nitrogens with two attached hydrogens (primary N) is 1. The number of benzene rings is 2. The van der Waals surface area contributed by atoms with Crippen LogP contribution < -0.4 is 5.73 Å². The van der Waals surface area contributed by atoms with Crippen molar-refractivity contribution in [1.82, 2.24) is 39.8 Å². The molecule has 2 atom stereocenters. The summed E-state index contributed by atoms with van der Waals surface area (Å²) in [4.78, 5) is 31.3. The third-order valence-electron chi connectivity index (χ3n) is 9.84. The van der Waals surface area contributed by atoms with E-state index in [2.05, 4.69) is 79.0 Å². The molecule has 6 heterocycles. The van der Waals surface area contributed by atoms with Crippen molar-refractivity contribution in [2.24, 2.45) is 0 Å². The minimum absolute atomic E-state index is 0. The van der Waals surface area contributed by atoms with Gasteiger partial charge in [-0.05, 0) is 77.8 Å². The molecule has 0 radical (unpaired) electrons. The molecule has 0 saturated heterocycles. The van der Waals surface area contributed by atoms with E-state index in [-0.39, 0.29) is 31.4 Å². The van der Waals surface area contributed by atoms with Crippen molar-refractivity contribution < 1.29 is 23.7 Å². The maximum Gasteiger partial charge on any atom is 0.358 e. The summed E-state index contributed by atoms with van der Waals surface area (Å²) in [6, 6.07) is 31.4. The molecule has 14 heteroatoms. The van der Waals surface area contributed by atoms with E-state index in [1.165, 1.54) is 28.3 Å². The molecule has 0 aliphatic heterocycles. The number of aromatic nitrogens is 8. The highest BCUT2D eigenvalue weighted by Crippen LogP contribution is 2.35. The van der Waals surface area contributed by atoms with Gasteiger partial charge in [-0.2, -0.15) is 10.2 Å². The van der Waals surface area contributed by atoms with Crippen molar-refractivity contribution in [2.75, 3.05) is 5.73 Å². The zero-order valence-corrected chi connectivity index (χ0v) is 30.6. The molecule has 0 saturated carbocycles. The smallest absolute Gasteiger partial charge is 0.358 e. The number of hydrogen-bond acceptors (Lipinski definition) is 11. The number of anilines is 1. The summed E-state index contributed by atoms with van der Waals surface area (Å²) in [5.41, 5.74) is 14.2. The summed E-state index contributed by atoms with van der Waals surface area (Å²) in [5.74, 6) is -0.376. The van der Waals surface area contributed by atoms with E-state index in [1.807, 2.05) is 40.0 Å². The Hall–Kier alpha value is -7.48. The minimum atomic E-state index is -1.11. The first-order valence-electron chi connectivity index (χ1n) is 18.4. The fourth-order valence-corrected chi connectivity index (χ4v) is 7.10. The number of aromatic carboxylic acids is 1. The fraction of sp³-hybridized carbons (Fsp3) is 0.182. The highest BCUT2D eigenvalue weighted by atomic mass is 16.5. The molecule has 8 aromatic rings. The van der Waals surface area contributed by atoms with E-state index in [0.717, 1.165) is 36.9 Å². The Morgan fingerprint density at radius 3 is 1.72 bits per heavy atom. The van der Waals surface area contributed by atoms with Crippen LogP contribution in [0.15, 0.2) is 143 Å². The van der Waals surface area contributed by atoms with Gasteiger partial charge in [0, 0.05) is 43.3 Å². The predicted molar refractivity (Wildman–Crippen MR) is 216 cm³/mol. The lowest BCUT2D eigenvalue weighted by molar-refractivity contribution is 0.0685. The molecule has 0 amide bonds. The number of nitrogen functional groups attached to an aromatic ring is 1. The van der Waals surface area contributed by atoms with Crippen LogP contribution in [-0.2, 0) is 19.3 Å². The molecule has 58 heavy (non-hydrogen) atoms. The zero-order chi connectivity index (χ0) is 39.1. The molecule has 6 aromatic heterocycles. The summed E-state index contributed by atoms with van der Waals surface area (Å²) >= 11 is 0. The molecule has 14 nitrogen and oxygen atoms in total. The highest BCUT2D eigenvalue weighted by molar-refractivity contribution is 5.96. The van der Waals surface area contributed by atoms with E-state index < -0.39 is 5.97 Å². The van der Waals surface area contributed by atoms with Gasteiger partial charge in [0.2, 0.25) is 0 Å². The number of carboxylic acid groups (broad SMARTS) is 1. The average Bonchev–Trinajstić information content (AvgIpc) is 4.10. The highest BCUT2D eigenvalue weighted by Gasteiger charge is 2.25. The maximum absolute atomic E-state index is 12.6. The lowest BCUT2D eigenvalue weighted by Crippen LogP contribution is -2.08. The van der Waals surface area contributed by atoms with E-state index in [4.69, 9.17) is 19.9 Å². The van der Waals surface area contributed by atoms with Gasteiger partial charge in [-0.1, -0.05) is 78.4 Å². The van der Waals surface area contributed by atoms with Crippen LogP contribution >= 0.6 is 0 Å². The molecule has 10 rings (SSSR count). The first-order chi connectivity index (χ1) is 27.9. The summed E-state index contributed by atoms with van der Waals surface area (Å²) in [6.07, 6.45) is 15.2. The van der Waals surface area contributed by atoms with Gasteiger partial charge in [-0.25, -0.2) is 4.79 Å². The Balaban J connectivity index is 0.000000144. The number of fused-ring (bicyclic) bond motifs is 2. The maximum atomic E-state index is 12.6. The van der Waals surface area contributed by atoms with E-state index in [0.29, 0.717) is 34.6 Å². The van der Waals surface area contributed by atoms with Gasteiger partial charge >= 0.3 is 5.97 Å². The van der Waals surface area contributed by atoms with E-state index in [9.17, 15) is 9.59 Å². The quantitative estimate of drug-likeness (QED) is 0.142. The van der Waals surface area contributed by atoms with Crippen LogP contribution in [0.3, 0.4) is 0 Å². The fourth-order valence-electron chi connectivity index (χ4n) is 7.10. The lowest BCUT2D eigenvalue weighted by atomic mass is 10.1. The normalized spacial score (nSPS) is 14.8. The van der Waals surface area contributed by atoms with Gasteiger partial charge in [0.25, 0.3) is 0 Å². The van der Waals surface area contributed by atoms with Gasteiger partial charge in [0.1, 0.15) is 11.4 Å². The number of nitrogens with zero attached hydrogens (tertiary/aromatic N) is 8. The Kier molecular flexibility index (Phi) is 11.7. The number of carboxylic acids is 1. The van der Waals surface area contributed by atoms with Crippen LogP contribution in [0.1, 0.15) is 81.1 Å². The molecular weight excluding hydrogens is 735 g/mol. The molecule has 2 aliphatic rings. The Morgan fingerprint density at radius 1 is 0.690 bits per heavy atom. The minimum Gasteiger partial charge on any atom is -0.476 e. The molecule has 2 unspecified atom stereocenters. The molecule has 0 bridgehead atoms. The Morgan fingerprint density at radius 2 is 1.21 bits per heavy atom. The first kappa shape index (κ1) is 38.8. The zero-order valence-electron chi connectivity index (χ0n) is 30.6. The first-order valence-corrected chi connectivity index (χ1v) is 18.4. The lowest BCUT2D eigenvalue weighted by Gasteiger charge is -2.11. The number of carbonyl (C=O) groups is 2. The Bertz CT molecular complexity index is 2610. The third kappa shape index (κ3) is 8.65. The summed E-state index contributed by atoms with van der Waals surface area (Å²) < 4.78 is 14.0. The predicted octanol–water partition coefficient (Wildman–Crippen LogP) is 7.97. The average molecular weight is 776 g/mol. The Labute approximate surface area is 334 Å². The molecule has 292 valence electrons. The number of aryl methyl sites for hydroxylation is 2. The van der Waals surface area contributed by atoms with Gasteiger partial charge in [0.15, 0.2) is 28.7 Å². The molecule has 0 fully saturated rings. The largest absolute Gasteiger partial charge is 0.476 e. The second-order valence-electron chi connectivity index (χ2n) is 13.6. The van der Waals surface area contributed by atoms with Crippen LogP contribution in [0.4, 0.5) is 5.69 Å². The number of hydrogen-bond donors (Lipinski definition) is 2. The number of Topliss-reactive ketones (excluding diaryl/α,β-unsaturated/α-hetero) is 1. The molecule has 0 spiro atoms. The number of rotatable bonds is 8. The summed E-state index contributed by atoms with van der Waals surface area (Å²) in [5, 5.41) is 24.7. The monoisotopic (exact) mass is 775 g/mol. The van der Waals surface area contributed by atoms with E-state index >= 15 is 0 Å². The molecule has 2 aromatic carbocycles. The van der Waals surface area contributed by atoms with Crippen LogP contribution in [0.25, 0.3) is 22.9 Å². The van der Waals surface area contributed by atoms with Crippen LogP contribution in [0, 0.1) is 0 Å². The van der Waals surface area contributed by atoms with Crippen LogP contribution in [-0.4, -0.2) is 56.7 Å². The second kappa shape index (κ2) is 17.5. The van der Waals surface area contributed by atoms with Gasteiger partial charge in [-0.15, -0.1) is 0 Å². The van der Waals surface area contributed by atoms with Crippen molar-refractivity contribution in [3.63, 3.8) is 0 Å². The number of ketones is 1. The standard InChI is InChI=1S/C22H18N4O2.C12H13N3.C9H6N2O3.CH4/c27-21(19-12-22(28-25-19)18-7-3-4-10-23-18)11-15-13-24-26(14-15)20-9-8-16-5-1-2-6-17(16)20;13-10-7-14-15(8-10)12-6-5-9-3-1-2-4-11(9)12;12-9(13)7-5-8(14-11-7)6-3-1-2-4-10-6;/h1-7,10,12-14,20H,8-9,11H2;1-4,7-8,12H,5-6,13H2;1-5H,(H,12,13);1H4. The molecule has 2 aliphatic carbocycles. The summed E-state index contributed by atoms with van der Waals surface area (Å²) in [6.45, 7) is 0. The van der Waals surface area contributed by atoms with Crippen molar-refractivity contribution >= 4 is 17.4 Å². The van der Waals surface area contributed by atoms with Crippen molar-refractivity contribution in [1.29, 1.82) is 0 Å². The van der Waals surface area contributed by atoms with Crippen LogP contribution in [0.5, 0.6) is 0 Å². The van der Waals surface area contributed by atoms with Gasteiger partial charge in [0.05, 0.1) is 30.2 Å². The SMILES string of the molecule is C.Nc1cnn(C2CCc3ccccc32)c1.O=C(Cc1cnn(C2CCc3ccccc32)c1)c1cc(-c2ccccn2)on1.O=C(O)c1cc(-c2ccccn2)on1. The van der Waals surface area contributed by atoms with Gasteiger partial charge < -0.3 is 19.9 Å². The second-order valence-corrected chi connectivity index (χ2v) is 13.6. The van der Waals surface area contributed by atoms with Gasteiger partial charge in [-0.3, -0.25) is 24.1 Å². The third-order valence-corrected chi connectivity index (χ3v) is 9.84. The van der Waals surface area contributed by atoms with Crippen molar-refractivity contribution in [2.45, 2.75) is 51.6 Å². The number of carbonyl (C=O) groups excluding carboxylic acids is 1. The molecular formula is C44H41N9O5. The topological polar surface area (TPSA) is 194 Å². The van der Waals surface area contributed by atoms with E-state index in [1.54, 1.807) is 49.1 Å². The molecule has 3 N–H and O–H groups in total.